The number of oxazole rings is 1. The number of amides is 1. The molecular formula is C21H16ClF3N4O2. The van der Waals surface area contributed by atoms with Gasteiger partial charge in [0.05, 0.1) is 10.9 Å². The summed E-state index contributed by atoms with van der Waals surface area (Å²) >= 11 is 6.14. The average molecular weight is 449 g/mol. The Labute approximate surface area is 179 Å². The topological polar surface area (TPSA) is 70.4 Å². The molecule has 31 heavy (non-hydrogen) atoms. The van der Waals surface area contributed by atoms with Crippen molar-refractivity contribution in [2.75, 3.05) is 0 Å². The Bertz CT molecular complexity index is 1210. The van der Waals surface area contributed by atoms with Crippen molar-refractivity contribution in [2.45, 2.75) is 31.2 Å². The fourth-order valence-electron chi connectivity index (χ4n) is 4.17. The Hall–Kier alpha value is -3.04. The summed E-state index contributed by atoms with van der Waals surface area (Å²) in [7, 11) is 0. The summed E-state index contributed by atoms with van der Waals surface area (Å²) in [6.07, 6.45) is -5.50. The molecule has 0 bridgehead atoms. The second-order valence-corrected chi connectivity index (χ2v) is 7.86. The van der Waals surface area contributed by atoms with E-state index in [1.54, 1.807) is 55.5 Å². The van der Waals surface area contributed by atoms with E-state index >= 15 is 0 Å². The first-order chi connectivity index (χ1) is 14.8. The number of nitrogens with zero attached hydrogens (tertiary/aromatic N) is 2. The van der Waals surface area contributed by atoms with Gasteiger partial charge in [-0.2, -0.15) is 13.2 Å². The smallest absolute Gasteiger partial charge is 0.406 e. The number of benzene rings is 2. The van der Waals surface area contributed by atoms with Crippen LogP contribution in [0.2, 0.25) is 5.02 Å². The van der Waals surface area contributed by atoms with Crippen molar-refractivity contribution in [2.24, 2.45) is 0 Å². The number of fused-ring (bicyclic) bond motifs is 2. The van der Waals surface area contributed by atoms with E-state index in [-0.39, 0.29) is 11.5 Å². The molecule has 0 aliphatic carbocycles. The van der Waals surface area contributed by atoms with Crippen LogP contribution in [0.4, 0.5) is 13.2 Å². The lowest BCUT2D eigenvalue weighted by molar-refractivity contribution is -0.161. The molecular weight excluding hydrogens is 433 g/mol. The third-order valence-electron chi connectivity index (χ3n) is 5.55. The third-order valence-corrected chi connectivity index (χ3v) is 5.85. The lowest BCUT2D eigenvalue weighted by atomic mass is 9.89. The molecule has 1 fully saturated rings. The van der Waals surface area contributed by atoms with Crippen LogP contribution in [-0.4, -0.2) is 34.3 Å². The number of hydrogen-bond donors (Lipinski definition) is 2. The van der Waals surface area contributed by atoms with Gasteiger partial charge in [-0.05, 0) is 24.6 Å². The second-order valence-electron chi connectivity index (χ2n) is 7.45. The number of aromatic nitrogens is 1. The van der Waals surface area contributed by atoms with Gasteiger partial charge in [0, 0.05) is 5.70 Å². The van der Waals surface area contributed by atoms with Crippen LogP contribution in [0.5, 0.6) is 0 Å². The molecule has 3 heterocycles. The van der Waals surface area contributed by atoms with E-state index in [0.29, 0.717) is 27.4 Å². The van der Waals surface area contributed by atoms with Crippen molar-refractivity contribution in [1.82, 2.24) is 20.7 Å². The van der Waals surface area contributed by atoms with Crippen LogP contribution < -0.4 is 10.7 Å². The predicted molar refractivity (Wildman–Crippen MR) is 108 cm³/mol. The van der Waals surface area contributed by atoms with Gasteiger partial charge in [0.15, 0.2) is 5.58 Å². The summed E-state index contributed by atoms with van der Waals surface area (Å²) in [6, 6.07) is 11.3. The molecule has 1 amide bonds. The molecule has 0 radical (unpaired) electrons. The third kappa shape index (κ3) is 3.16. The Balaban J connectivity index is 1.59. The molecule has 0 saturated carbocycles. The summed E-state index contributed by atoms with van der Waals surface area (Å²) in [5, 5.41) is 4.38. The van der Waals surface area contributed by atoms with Gasteiger partial charge in [-0.3, -0.25) is 4.79 Å². The van der Waals surface area contributed by atoms with Gasteiger partial charge in [-0.15, -0.1) is 0 Å². The van der Waals surface area contributed by atoms with Crippen LogP contribution in [0.25, 0.3) is 16.7 Å². The average Bonchev–Trinajstić information content (AvgIpc) is 3.31. The first-order valence-electron chi connectivity index (χ1n) is 9.50. The zero-order valence-corrected chi connectivity index (χ0v) is 16.8. The maximum atomic E-state index is 13.9. The van der Waals surface area contributed by atoms with E-state index in [1.807, 2.05) is 0 Å². The number of allylic oxidation sites excluding steroid dienone is 1. The number of hydrogen-bond acceptors (Lipinski definition) is 5. The van der Waals surface area contributed by atoms with Crippen molar-refractivity contribution < 1.29 is 22.4 Å². The van der Waals surface area contributed by atoms with E-state index in [0.717, 1.165) is 5.01 Å². The van der Waals surface area contributed by atoms with E-state index in [9.17, 15) is 18.0 Å². The Kier molecular flexibility index (Phi) is 4.49. The molecule has 0 spiro atoms. The number of alkyl halides is 3. The second kappa shape index (κ2) is 7.00. The predicted octanol–water partition coefficient (Wildman–Crippen LogP) is 4.20. The molecule has 2 aromatic carbocycles. The molecule has 1 saturated heterocycles. The zero-order chi connectivity index (χ0) is 21.9. The first kappa shape index (κ1) is 19.9. The Morgan fingerprint density at radius 3 is 2.55 bits per heavy atom. The van der Waals surface area contributed by atoms with Gasteiger partial charge < -0.3 is 9.73 Å². The number of rotatable bonds is 2. The minimum absolute atomic E-state index is 0.00919. The minimum atomic E-state index is -4.57. The van der Waals surface area contributed by atoms with Crippen molar-refractivity contribution in [3.8, 4) is 0 Å². The van der Waals surface area contributed by atoms with Crippen LogP contribution in [-0.2, 0) is 4.79 Å². The fraction of sp³-hybridized carbons (Fsp3) is 0.238. The SMILES string of the molecule is CC1=C(c2nc3c(Cl)cccc3o2)C(=O)N2NC(C(F)(F)F)C(c3ccccc3)C2N1. The lowest BCUT2D eigenvalue weighted by Crippen LogP contribution is -2.54. The molecule has 5 rings (SSSR count). The molecule has 3 unspecified atom stereocenters. The highest BCUT2D eigenvalue weighted by Gasteiger charge is 2.58. The van der Waals surface area contributed by atoms with E-state index in [1.165, 1.54) is 0 Å². The Morgan fingerprint density at radius 1 is 1.13 bits per heavy atom. The molecule has 160 valence electrons. The van der Waals surface area contributed by atoms with E-state index in [2.05, 4.69) is 15.7 Å². The highest BCUT2D eigenvalue weighted by Crippen LogP contribution is 2.42. The number of carbonyl (C=O) groups excluding carboxylic acids is 1. The van der Waals surface area contributed by atoms with Crippen molar-refractivity contribution in [1.29, 1.82) is 0 Å². The van der Waals surface area contributed by atoms with Crippen LogP contribution in [0.15, 0.2) is 58.6 Å². The summed E-state index contributed by atoms with van der Waals surface area (Å²) in [5.74, 6) is -1.71. The van der Waals surface area contributed by atoms with Crippen molar-refractivity contribution in [3.05, 3.63) is 70.7 Å². The molecule has 3 aromatic rings. The molecule has 2 aliphatic rings. The summed E-state index contributed by atoms with van der Waals surface area (Å²) in [5.41, 5.74) is 4.00. The molecule has 1 aromatic heterocycles. The van der Waals surface area contributed by atoms with Crippen LogP contribution in [0.3, 0.4) is 0 Å². The first-order valence-corrected chi connectivity index (χ1v) is 9.87. The van der Waals surface area contributed by atoms with Gasteiger partial charge in [-0.25, -0.2) is 15.4 Å². The monoisotopic (exact) mass is 448 g/mol. The normalized spacial score (nSPS) is 24.0. The largest absolute Gasteiger partial charge is 0.436 e. The van der Waals surface area contributed by atoms with Crippen LogP contribution in [0, 0.1) is 0 Å². The molecule has 3 atom stereocenters. The number of halogens is 4. The quantitative estimate of drug-likeness (QED) is 0.615. The number of nitrogens with one attached hydrogen (secondary N) is 2. The van der Waals surface area contributed by atoms with Gasteiger partial charge in [0.2, 0.25) is 5.89 Å². The summed E-state index contributed by atoms with van der Waals surface area (Å²) < 4.78 is 47.3. The fourth-order valence-corrected chi connectivity index (χ4v) is 4.38. The maximum absolute atomic E-state index is 13.9. The van der Waals surface area contributed by atoms with Crippen molar-refractivity contribution >= 4 is 34.2 Å². The van der Waals surface area contributed by atoms with Gasteiger partial charge in [-0.1, -0.05) is 48.0 Å². The maximum Gasteiger partial charge on any atom is 0.406 e. The van der Waals surface area contributed by atoms with Gasteiger partial charge in [0.1, 0.15) is 23.3 Å². The zero-order valence-electron chi connectivity index (χ0n) is 16.1. The van der Waals surface area contributed by atoms with Crippen LogP contribution >= 0.6 is 11.6 Å². The summed E-state index contributed by atoms with van der Waals surface area (Å²) in [6.45, 7) is 1.62. The minimum Gasteiger partial charge on any atom is -0.436 e. The molecule has 10 heteroatoms. The lowest BCUT2D eigenvalue weighted by Gasteiger charge is -2.34. The number of para-hydroxylation sites is 1. The molecule has 2 aliphatic heterocycles. The molecule has 6 nitrogen and oxygen atoms in total. The summed E-state index contributed by atoms with van der Waals surface area (Å²) in [4.78, 5) is 17.6. The van der Waals surface area contributed by atoms with Gasteiger partial charge >= 0.3 is 6.18 Å². The highest BCUT2D eigenvalue weighted by molar-refractivity contribution is 6.35. The van der Waals surface area contributed by atoms with Crippen LogP contribution in [0.1, 0.15) is 24.3 Å². The Morgan fingerprint density at radius 2 is 1.87 bits per heavy atom. The number of carbonyl (C=O) groups is 1. The number of hydrazine groups is 1. The molecule has 2 N–H and O–H groups in total. The standard InChI is InChI=1S/C21H16ClF3N4O2/c1-10-14(19-27-16-12(22)8-5-9-13(16)31-19)20(30)29-18(26-10)15(11-6-3-2-4-7-11)17(28-29)21(23,24)25/h2-9,15,17-18,26,28H,1H3. The van der Waals surface area contributed by atoms with E-state index in [4.69, 9.17) is 16.0 Å². The highest BCUT2D eigenvalue weighted by atomic mass is 35.5. The van der Waals surface area contributed by atoms with Gasteiger partial charge in [0.25, 0.3) is 5.91 Å². The van der Waals surface area contributed by atoms with E-state index < -0.39 is 30.2 Å². The van der Waals surface area contributed by atoms with Crippen molar-refractivity contribution in [3.63, 3.8) is 0 Å².